The molecule has 84 valence electrons. The van der Waals surface area contributed by atoms with E-state index < -0.39 is 0 Å². The van der Waals surface area contributed by atoms with Gasteiger partial charge < -0.3 is 5.11 Å². The van der Waals surface area contributed by atoms with Crippen LogP contribution in [0.25, 0.3) is 0 Å². The van der Waals surface area contributed by atoms with Gasteiger partial charge in [-0.2, -0.15) is 5.26 Å². The Morgan fingerprint density at radius 3 is 2.33 bits per heavy atom. The smallest absolute Gasteiger partial charge is 0.0832 e. The largest absolute Gasteiger partial charge is 0.391 e. The molecule has 2 nitrogen and oxygen atoms in total. The van der Waals surface area contributed by atoms with Crippen molar-refractivity contribution in [1.82, 2.24) is 0 Å². The van der Waals surface area contributed by atoms with Crippen LogP contribution in [0.2, 0.25) is 0 Å². The SMILES string of the molecule is N#CC1(C(O)CC2CCCCC2)CCC1. The van der Waals surface area contributed by atoms with Crippen molar-refractivity contribution < 1.29 is 5.11 Å². The first-order valence-electron chi connectivity index (χ1n) is 6.36. The summed E-state index contributed by atoms with van der Waals surface area (Å²) in [6.07, 6.45) is 9.97. The predicted octanol–water partition coefficient (Wildman–Crippen LogP) is 3.01. The molecule has 2 heteroatoms. The topological polar surface area (TPSA) is 44.0 Å². The molecule has 2 aliphatic rings. The molecule has 1 N–H and O–H groups in total. The van der Waals surface area contributed by atoms with Crippen LogP contribution in [0.4, 0.5) is 0 Å². The van der Waals surface area contributed by atoms with Gasteiger partial charge in [0.25, 0.3) is 0 Å². The molecular weight excluding hydrogens is 186 g/mol. The predicted molar refractivity (Wildman–Crippen MR) is 59.1 cm³/mol. The van der Waals surface area contributed by atoms with Crippen LogP contribution in [0.5, 0.6) is 0 Å². The van der Waals surface area contributed by atoms with Crippen molar-refractivity contribution in [2.75, 3.05) is 0 Å². The monoisotopic (exact) mass is 207 g/mol. The summed E-state index contributed by atoms with van der Waals surface area (Å²) in [5.74, 6) is 0.680. The van der Waals surface area contributed by atoms with E-state index in [0.717, 1.165) is 25.7 Å². The van der Waals surface area contributed by atoms with Gasteiger partial charge in [-0.3, -0.25) is 0 Å². The summed E-state index contributed by atoms with van der Waals surface area (Å²) in [6.45, 7) is 0. The maximum absolute atomic E-state index is 10.1. The van der Waals surface area contributed by atoms with Crippen LogP contribution >= 0.6 is 0 Å². The van der Waals surface area contributed by atoms with Gasteiger partial charge in [0, 0.05) is 0 Å². The fraction of sp³-hybridized carbons (Fsp3) is 0.923. The van der Waals surface area contributed by atoms with E-state index in [0.29, 0.717) is 5.92 Å². The van der Waals surface area contributed by atoms with Crippen molar-refractivity contribution in [2.45, 2.75) is 63.9 Å². The number of hydrogen-bond acceptors (Lipinski definition) is 2. The maximum atomic E-state index is 10.1. The average Bonchev–Trinajstić information content (AvgIpc) is 2.18. The van der Waals surface area contributed by atoms with E-state index >= 15 is 0 Å². The number of aliphatic hydroxyl groups excluding tert-OH is 1. The molecule has 2 rings (SSSR count). The fourth-order valence-corrected chi connectivity index (χ4v) is 3.04. The molecule has 2 saturated carbocycles. The van der Waals surface area contributed by atoms with Gasteiger partial charge in [0.05, 0.1) is 17.6 Å². The second kappa shape index (κ2) is 4.53. The molecule has 0 aliphatic heterocycles. The van der Waals surface area contributed by atoms with Crippen molar-refractivity contribution in [3.63, 3.8) is 0 Å². The number of aliphatic hydroxyl groups is 1. The molecule has 2 fully saturated rings. The molecular formula is C13H21NO. The van der Waals surface area contributed by atoms with Gasteiger partial charge in [0.2, 0.25) is 0 Å². The van der Waals surface area contributed by atoms with Gasteiger partial charge in [-0.05, 0) is 25.2 Å². The second-order valence-corrected chi connectivity index (χ2v) is 5.38. The van der Waals surface area contributed by atoms with Crippen LogP contribution in [0.15, 0.2) is 0 Å². The third-order valence-electron chi connectivity index (χ3n) is 4.39. The zero-order valence-corrected chi connectivity index (χ0v) is 9.41. The summed E-state index contributed by atoms with van der Waals surface area (Å²) in [5.41, 5.74) is -0.364. The first-order chi connectivity index (χ1) is 7.27. The Balaban J connectivity index is 1.85. The molecule has 0 spiro atoms. The van der Waals surface area contributed by atoms with Gasteiger partial charge in [-0.1, -0.05) is 38.5 Å². The van der Waals surface area contributed by atoms with Crippen molar-refractivity contribution in [1.29, 1.82) is 5.26 Å². The summed E-state index contributed by atoms with van der Waals surface area (Å²) >= 11 is 0. The summed E-state index contributed by atoms with van der Waals surface area (Å²) < 4.78 is 0. The highest BCUT2D eigenvalue weighted by Crippen LogP contribution is 2.46. The highest BCUT2D eigenvalue weighted by atomic mass is 16.3. The maximum Gasteiger partial charge on any atom is 0.0832 e. The van der Waals surface area contributed by atoms with Crippen LogP contribution in [0.1, 0.15) is 57.8 Å². The molecule has 0 bridgehead atoms. The van der Waals surface area contributed by atoms with Crippen molar-refractivity contribution in [3.8, 4) is 6.07 Å². The quantitative estimate of drug-likeness (QED) is 0.773. The second-order valence-electron chi connectivity index (χ2n) is 5.38. The lowest BCUT2D eigenvalue weighted by Gasteiger charge is -2.41. The van der Waals surface area contributed by atoms with E-state index in [-0.39, 0.29) is 11.5 Å². The van der Waals surface area contributed by atoms with Crippen LogP contribution in [0, 0.1) is 22.7 Å². The highest BCUT2D eigenvalue weighted by molar-refractivity contribution is 5.09. The summed E-state index contributed by atoms with van der Waals surface area (Å²) in [7, 11) is 0. The average molecular weight is 207 g/mol. The molecule has 2 aliphatic carbocycles. The summed E-state index contributed by atoms with van der Waals surface area (Å²) in [6, 6.07) is 2.35. The van der Waals surface area contributed by atoms with E-state index in [2.05, 4.69) is 6.07 Å². The molecule has 1 unspecified atom stereocenters. The standard InChI is InChI=1S/C13H21NO/c14-10-13(7-4-8-13)12(15)9-11-5-2-1-3-6-11/h11-12,15H,1-9H2. The van der Waals surface area contributed by atoms with Crippen molar-refractivity contribution >= 4 is 0 Å². The number of rotatable bonds is 3. The van der Waals surface area contributed by atoms with Crippen molar-refractivity contribution in [3.05, 3.63) is 0 Å². The lowest BCUT2D eigenvalue weighted by atomic mass is 9.64. The summed E-state index contributed by atoms with van der Waals surface area (Å²) in [4.78, 5) is 0. The Hall–Kier alpha value is -0.550. The Morgan fingerprint density at radius 2 is 1.87 bits per heavy atom. The molecule has 0 heterocycles. The minimum absolute atomic E-state index is 0.362. The lowest BCUT2D eigenvalue weighted by molar-refractivity contribution is -0.00978. The Kier molecular flexibility index (Phi) is 3.31. The molecule has 0 amide bonds. The van der Waals surface area contributed by atoms with E-state index in [9.17, 15) is 5.11 Å². The van der Waals surface area contributed by atoms with Gasteiger partial charge in [0.15, 0.2) is 0 Å². The van der Waals surface area contributed by atoms with E-state index in [1.165, 1.54) is 32.1 Å². The Morgan fingerprint density at radius 1 is 1.20 bits per heavy atom. The molecule has 0 aromatic rings. The number of nitrogens with zero attached hydrogens (tertiary/aromatic N) is 1. The fourth-order valence-electron chi connectivity index (χ4n) is 3.04. The number of nitriles is 1. The third-order valence-corrected chi connectivity index (χ3v) is 4.39. The van der Waals surface area contributed by atoms with Gasteiger partial charge in [0.1, 0.15) is 0 Å². The van der Waals surface area contributed by atoms with Crippen LogP contribution in [-0.2, 0) is 0 Å². The normalized spacial score (nSPS) is 27.7. The summed E-state index contributed by atoms with van der Waals surface area (Å²) in [5, 5.41) is 19.3. The molecule has 0 radical (unpaired) electrons. The van der Waals surface area contributed by atoms with Crippen LogP contribution in [-0.4, -0.2) is 11.2 Å². The first kappa shape index (κ1) is 11.0. The van der Waals surface area contributed by atoms with E-state index in [1.54, 1.807) is 0 Å². The van der Waals surface area contributed by atoms with Gasteiger partial charge >= 0.3 is 0 Å². The van der Waals surface area contributed by atoms with Gasteiger partial charge in [-0.25, -0.2) is 0 Å². The van der Waals surface area contributed by atoms with Crippen molar-refractivity contribution in [2.24, 2.45) is 11.3 Å². The van der Waals surface area contributed by atoms with Crippen LogP contribution < -0.4 is 0 Å². The molecule has 0 aromatic carbocycles. The molecule has 0 aromatic heterocycles. The zero-order valence-electron chi connectivity index (χ0n) is 9.41. The molecule has 15 heavy (non-hydrogen) atoms. The number of hydrogen-bond donors (Lipinski definition) is 1. The highest BCUT2D eigenvalue weighted by Gasteiger charge is 2.44. The molecule has 0 saturated heterocycles. The van der Waals surface area contributed by atoms with Gasteiger partial charge in [-0.15, -0.1) is 0 Å². The first-order valence-corrected chi connectivity index (χ1v) is 6.36. The lowest BCUT2D eigenvalue weighted by Crippen LogP contribution is -2.41. The Labute approximate surface area is 92.3 Å². The Bertz CT molecular complexity index is 246. The molecule has 1 atom stereocenters. The minimum Gasteiger partial charge on any atom is -0.391 e. The van der Waals surface area contributed by atoms with E-state index in [4.69, 9.17) is 5.26 Å². The van der Waals surface area contributed by atoms with E-state index in [1.807, 2.05) is 0 Å². The zero-order chi connectivity index (χ0) is 10.7. The third kappa shape index (κ3) is 2.18. The minimum atomic E-state index is -0.364. The van der Waals surface area contributed by atoms with Crippen LogP contribution in [0.3, 0.4) is 0 Å².